The quantitative estimate of drug-likeness (QED) is 0.907. The van der Waals surface area contributed by atoms with Crippen LogP contribution in [-0.2, 0) is 4.79 Å². The number of rotatable bonds is 2. The molecule has 1 aliphatic heterocycles. The summed E-state index contributed by atoms with van der Waals surface area (Å²) >= 11 is 5.88. The van der Waals surface area contributed by atoms with E-state index in [9.17, 15) is 9.59 Å². The largest absolute Gasteiger partial charge is 0.481 e. The normalized spacial score (nSPS) is 23.2. The summed E-state index contributed by atoms with van der Waals surface area (Å²) in [6, 6.07) is 6.76. The number of likely N-dealkylation sites (tertiary alicyclic amines) is 1. The molecule has 102 valence electrons. The molecule has 1 fully saturated rings. The fourth-order valence-corrected chi connectivity index (χ4v) is 2.68. The summed E-state index contributed by atoms with van der Waals surface area (Å²) in [6.07, 6.45) is 1.01. The number of aliphatic carboxylic acids is 1. The molecular formula is C14H16ClNO3. The minimum Gasteiger partial charge on any atom is -0.481 e. The maximum absolute atomic E-state index is 12.4. The van der Waals surface area contributed by atoms with Gasteiger partial charge in [-0.2, -0.15) is 0 Å². The van der Waals surface area contributed by atoms with E-state index in [-0.39, 0.29) is 17.9 Å². The molecule has 5 heteroatoms. The molecule has 0 aromatic heterocycles. The van der Waals surface area contributed by atoms with E-state index in [0.29, 0.717) is 30.0 Å². The molecule has 0 radical (unpaired) electrons. The number of halogens is 1. The van der Waals surface area contributed by atoms with Crippen molar-refractivity contribution in [2.24, 2.45) is 5.92 Å². The lowest BCUT2D eigenvalue weighted by molar-refractivity contribution is -0.143. The maximum atomic E-state index is 12.4. The van der Waals surface area contributed by atoms with Crippen LogP contribution in [0.1, 0.15) is 30.1 Å². The van der Waals surface area contributed by atoms with Gasteiger partial charge in [0.2, 0.25) is 0 Å². The van der Waals surface area contributed by atoms with Crippen molar-refractivity contribution in [1.82, 2.24) is 4.90 Å². The van der Waals surface area contributed by atoms with Crippen LogP contribution in [0, 0.1) is 5.92 Å². The topological polar surface area (TPSA) is 57.6 Å². The Morgan fingerprint density at radius 3 is 2.74 bits per heavy atom. The Bertz CT molecular complexity index is 503. The number of carbonyl (C=O) groups excluding carboxylic acids is 1. The smallest absolute Gasteiger partial charge is 0.306 e. The number of hydrogen-bond acceptors (Lipinski definition) is 2. The monoisotopic (exact) mass is 281 g/mol. The highest BCUT2D eigenvalue weighted by molar-refractivity contribution is 6.30. The van der Waals surface area contributed by atoms with E-state index in [1.807, 2.05) is 6.92 Å². The molecule has 2 rings (SSSR count). The summed E-state index contributed by atoms with van der Waals surface area (Å²) in [5.74, 6) is -1.21. The Labute approximate surface area is 117 Å². The van der Waals surface area contributed by atoms with Gasteiger partial charge in [0.25, 0.3) is 5.91 Å². The number of carboxylic acid groups (broad SMARTS) is 1. The summed E-state index contributed by atoms with van der Waals surface area (Å²) < 4.78 is 0. The fraction of sp³-hybridized carbons (Fsp3) is 0.429. The second-order valence-electron chi connectivity index (χ2n) is 4.92. The minimum absolute atomic E-state index is 0.0682. The molecule has 19 heavy (non-hydrogen) atoms. The predicted molar refractivity (Wildman–Crippen MR) is 72.3 cm³/mol. The van der Waals surface area contributed by atoms with E-state index in [1.54, 1.807) is 29.2 Å². The Morgan fingerprint density at radius 1 is 1.42 bits per heavy atom. The van der Waals surface area contributed by atoms with Gasteiger partial charge < -0.3 is 10.0 Å². The Hall–Kier alpha value is -1.55. The van der Waals surface area contributed by atoms with Crippen molar-refractivity contribution in [2.45, 2.75) is 25.8 Å². The van der Waals surface area contributed by atoms with Gasteiger partial charge in [0.15, 0.2) is 0 Å². The van der Waals surface area contributed by atoms with Crippen LogP contribution in [0.2, 0.25) is 5.02 Å². The molecule has 2 atom stereocenters. The van der Waals surface area contributed by atoms with Gasteiger partial charge in [-0.25, -0.2) is 0 Å². The van der Waals surface area contributed by atoms with E-state index >= 15 is 0 Å². The number of carbonyl (C=O) groups is 2. The third-order valence-electron chi connectivity index (χ3n) is 3.56. The van der Waals surface area contributed by atoms with Gasteiger partial charge >= 0.3 is 5.97 Å². The summed E-state index contributed by atoms with van der Waals surface area (Å²) in [5, 5.41) is 9.54. The van der Waals surface area contributed by atoms with Crippen LogP contribution >= 0.6 is 11.6 Å². The lowest BCUT2D eigenvalue weighted by atomic mass is 9.91. The molecule has 1 heterocycles. The van der Waals surface area contributed by atoms with Crippen LogP contribution in [0.15, 0.2) is 24.3 Å². The van der Waals surface area contributed by atoms with Crippen molar-refractivity contribution >= 4 is 23.5 Å². The molecule has 1 saturated heterocycles. The summed E-state index contributed by atoms with van der Waals surface area (Å²) in [7, 11) is 0. The summed E-state index contributed by atoms with van der Waals surface area (Å²) in [5.41, 5.74) is 0.549. The van der Waals surface area contributed by atoms with Crippen molar-refractivity contribution in [1.29, 1.82) is 0 Å². The zero-order chi connectivity index (χ0) is 14.0. The van der Waals surface area contributed by atoms with Crippen LogP contribution in [-0.4, -0.2) is 34.5 Å². The number of hydrogen-bond donors (Lipinski definition) is 1. The Morgan fingerprint density at radius 2 is 2.16 bits per heavy atom. The highest BCUT2D eigenvalue weighted by atomic mass is 35.5. The predicted octanol–water partition coefficient (Wildman–Crippen LogP) is 2.67. The van der Waals surface area contributed by atoms with Crippen molar-refractivity contribution in [2.75, 3.05) is 6.54 Å². The zero-order valence-electron chi connectivity index (χ0n) is 10.7. The highest BCUT2D eigenvalue weighted by Gasteiger charge is 2.32. The van der Waals surface area contributed by atoms with Gasteiger partial charge in [-0.1, -0.05) is 17.7 Å². The van der Waals surface area contributed by atoms with Crippen molar-refractivity contribution in [3.63, 3.8) is 0 Å². The molecule has 2 unspecified atom stereocenters. The zero-order valence-corrected chi connectivity index (χ0v) is 11.4. The third-order valence-corrected chi connectivity index (χ3v) is 3.79. The van der Waals surface area contributed by atoms with Crippen LogP contribution < -0.4 is 0 Å². The van der Waals surface area contributed by atoms with Gasteiger partial charge in [0.05, 0.1) is 5.92 Å². The number of benzene rings is 1. The number of nitrogens with zero attached hydrogens (tertiary/aromatic N) is 1. The lowest BCUT2D eigenvalue weighted by Crippen LogP contribution is -2.46. The molecule has 0 aliphatic carbocycles. The SMILES string of the molecule is CC1CC(C(=O)O)CCN1C(=O)c1cccc(Cl)c1. The third kappa shape index (κ3) is 3.07. The molecule has 0 bridgehead atoms. The first-order valence-corrected chi connectivity index (χ1v) is 6.66. The van der Waals surface area contributed by atoms with E-state index in [2.05, 4.69) is 0 Å². The van der Waals surface area contributed by atoms with Gasteiger partial charge in [-0.3, -0.25) is 9.59 Å². The number of piperidine rings is 1. The minimum atomic E-state index is -0.776. The second-order valence-corrected chi connectivity index (χ2v) is 5.35. The van der Waals surface area contributed by atoms with Gasteiger partial charge in [0.1, 0.15) is 0 Å². The van der Waals surface area contributed by atoms with E-state index in [0.717, 1.165) is 0 Å². The van der Waals surface area contributed by atoms with Gasteiger partial charge in [-0.05, 0) is 38.0 Å². The molecule has 0 spiro atoms. The van der Waals surface area contributed by atoms with Gasteiger partial charge in [0, 0.05) is 23.2 Å². The first-order chi connectivity index (χ1) is 8.99. The molecule has 1 aliphatic rings. The average Bonchev–Trinajstić information content (AvgIpc) is 2.37. The highest BCUT2D eigenvalue weighted by Crippen LogP contribution is 2.25. The van der Waals surface area contributed by atoms with Crippen LogP contribution in [0.3, 0.4) is 0 Å². The van der Waals surface area contributed by atoms with Crippen LogP contribution in [0.25, 0.3) is 0 Å². The lowest BCUT2D eigenvalue weighted by Gasteiger charge is -2.36. The Kier molecular flexibility index (Phi) is 4.10. The van der Waals surface area contributed by atoms with Crippen LogP contribution in [0.5, 0.6) is 0 Å². The maximum Gasteiger partial charge on any atom is 0.306 e. The Balaban J connectivity index is 2.11. The molecule has 1 aromatic rings. The second kappa shape index (κ2) is 5.61. The average molecular weight is 282 g/mol. The first kappa shape index (κ1) is 13.9. The molecule has 4 nitrogen and oxygen atoms in total. The fourth-order valence-electron chi connectivity index (χ4n) is 2.49. The standard InChI is InChI=1S/C14H16ClNO3/c1-9-7-11(14(18)19)5-6-16(9)13(17)10-3-2-4-12(15)8-10/h2-4,8-9,11H,5-7H2,1H3,(H,18,19). The molecule has 0 saturated carbocycles. The van der Waals surface area contributed by atoms with E-state index in [4.69, 9.17) is 16.7 Å². The van der Waals surface area contributed by atoms with Gasteiger partial charge in [-0.15, -0.1) is 0 Å². The van der Waals surface area contributed by atoms with Crippen molar-refractivity contribution < 1.29 is 14.7 Å². The summed E-state index contributed by atoms with van der Waals surface area (Å²) in [4.78, 5) is 25.1. The molecule has 1 N–H and O–H groups in total. The molecule has 1 amide bonds. The molecular weight excluding hydrogens is 266 g/mol. The summed E-state index contributed by atoms with van der Waals surface area (Å²) in [6.45, 7) is 2.36. The van der Waals surface area contributed by atoms with E-state index < -0.39 is 5.97 Å². The van der Waals surface area contributed by atoms with Crippen LogP contribution in [0.4, 0.5) is 0 Å². The first-order valence-electron chi connectivity index (χ1n) is 6.28. The molecule has 1 aromatic carbocycles. The number of carboxylic acids is 1. The van der Waals surface area contributed by atoms with Crippen molar-refractivity contribution in [3.05, 3.63) is 34.9 Å². The number of amides is 1. The van der Waals surface area contributed by atoms with Crippen molar-refractivity contribution in [3.8, 4) is 0 Å². The van der Waals surface area contributed by atoms with E-state index in [1.165, 1.54) is 0 Å².